The zero-order chi connectivity index (χ0) is 14.7. The molecule has 0 spiro atoms. The second-order valence-electron chi connectivity index (χ2n) is 3.50. The summed E-state index contributed by atoms with van der Waals surface area (Å²) in [6, 6.07) is 0. The van der Waals surface area contributed by atoms with E-state index in [0.29, 0.717) is 0 Å². The van der Waals surface area contributed by atoms with Gasteiger partial charge in [-0.2, -0.15) is 26.4 Å². The molecule has 0 aliphatic heterocycles. The van der Waals surface area contributed by atoms with Crippen LogP contribution in [-0.4, -0.2) is 68.2 Å². The van der Waals surface area contributed by atoms with Gasteiger partial charge in [-0.1, -0.05) is 26.2 Å². The van der Waals surface area contributed by atoms with E-state index in [1.807, 2.05) is 0 Å². The largest absolute Gasteiger partial charge is 0.564 e. The van der Waals surface area contributed by atoms with Gasteiger partial charge in [0.25, 0.3) is 0 Å². The SMILES string of the molecule is O=C(CC(=O)N(C[CH-]O)C[CH-]O)N(C[CH-]O)C[CH-]O.[Y].[Y].[Y].[Y]. The molecule has 124 valence electrons. The number of hydrogen-bond donors (Lipinski definition) is 4. The molecular formula is C11H18N2O6Y4-4. The summed E-state index contributed by atoms with van der Waals surface area (Å²) < 4.78 is 0. The van der Waals surface area contributed by atoms with Crippen molar-refractivity contribution < 1.29 is 161 Å². The van der Waals surface area contributed by atoms with Crippen LogP contribution in [0.3, 0.4) is 0 Å². The van der Waals surface area contributed by atoms with E-state index in [9.17, 15) is 9.59 Å². The molecule has 4 N–H and O–H groups in total. The standard InChI is InChI=1S/C11H18N2O6.4Y/c14-5-1-12(2-6-15)10(18)9-11(19)13(3-7-16)4-8-17;;;;/h5-8,14-17H,1-4,9H2;;;;/q-4;;;;. The second kappa shape index (κ2) is 25.2. The van der Waals surface area contributed by atoms with Crippen molar-refractivity contribution in [3.05, 3.63) is 26.4 Å². The Morgan fingerprint density at radius 2 is 0.826 bits per heavy atom. The molecule has 23 heavy (non-hydrogen) atoms. The summed E-state index contributed by atoms with van der Waals surface area (Å²) in [5.41, 5.74) is 0. The third-order valence-corrected chi connectivity index (χ3v) is 2.22. The first-order valence-corrected chi connectivity index (χ1v) is 5.49. The van der Waals surface area contributed by atoms with Crippen LogP contribution >= 0.6 is 0 Å². The molecule has 0 aliphatic carbocycles. The Hall–Kier alpha value is 3.20. The Balaban J connectivity index is -0.000000270. The molecule has 0 heterocycles. The molecule has 0 aromatic rings. The van der Waals surface area contributed by atoms with Crippen LogP contribution in [-0.2, 0) is 140 Å². The van der Waals surface area contributed by atoms with E-state index >= 15 is 0 Å². The Morgan fingerprint density at radius 1 is 0.609 bits per heavy atom. The van der Waals surface area contributed by atoms with E-state index in [1.165, 1.54) is 0 Å². The number of carbonyl (C=O) groups excluding carboxylic acids is 2. The summed E-state index contributed by atoms with van der Waals surface area (Å²) in [5, 5.41) is 34.6. The monoisotopic (exact) mass is 630 g/mol. The van der Waals surface area contributed by atoms with Crippen LogP contribution in [0.1, 0.15) is 6.42 Å². The van der Waals surface area contributed by atoms with Crippen molar-refractivity contribution in [1.82, 2.24) is 9.80 Å². The van der Waals surface area contributed by atoms with E-state index in [0.717, 1.165) is 36.2 Å². The van der Waals surface area contributed by atoms with Crippen LogP contribution in [0.5, 0.6) is 0 Å². The van der Waals surface area contributed by atoms with Gasteiger partial charge in [0.2, 0.25) is 11.8 Å². The van der Waals surface area contributed by atoms with Crippen LogP contribution in [0.25, 0.3) is 0 Å². The maximum atomic E-state index is 11.7. The molecule has 0 bridgehead atoms. The van der Waals surface area contributed by atoms with E-state index in [1.54, 1.807) is 0 Å². The van der Waals surface area contributed by atoms with Crippen molar-refractivity contribution in [2.45, 2.75) is 6.42 Å². The summed E-state index contributed by atoms with van der Waals surface area (Å²) in [6.45, 7) is 2.42. The third-order valence-electron chi connectivity index (χ3n) is 2.22. The molecule has 0 saturated carbocycles. The minimum atomic E-state index is -0.596. The summed E-state index contributed by atoms with van der Waals surface area (Å²) in [6.07, 6.45) is -0.497. The molecule has 0 fully saturated rings. The third kappa shape index (κ3) is 18.3. The molecule has 0 rings (SSSR count). The number of carbonyl (C=O) groups is 2. The number of amides is 2. The average molecular weight is 630 g/mol. The predicted octanol–water partition coefficient (Wildman–Crippen LogP) is -0.839. The summed E-state index contributed by atoms with van der Waals surface area (Å²) in [5.74, 6) is -1.19. The second-order valence-corrected chi connectivity index (χ2v) is 3.50. The molecule has 8 nitrogen and oxygen atoms in total. The molecule has 0 unspecified atom stereocenters. The number of aliphatic hydroxyl groups is 4. The quantitative estimate of drug-likeness (QED) is 0.185. The van der Waals surface area contributed by atoms with Gasteiger partial charge in [-0.25, -0.2) is 0 Å². The zero-order valence-electron chi connectivity index (χ0n) is 12.7. The molecular weight excluding hydrogens is 612 g/mol. The normalized spacial score (nSPS) is 8.52. The average Bonchev–Trinajstić information content (AvgIpc) is 2.38. The number of hydrogen-bond acceptors (Lipinski definition) is 6. The van der Waals surface area contributed by atoms with Crippen LogP contribution in [0.2, 0.25) is 0 Å². The first kappa shape index (κ1) is 37.0. The van der Waals surface area contributed by atoms with Crippen LogP contribution < -0.4 is 0 Å². The van der Waals surface area contributed by atoms with E-state index in [2.05, 4.69) is 0 Å². The number of rotatable bonds is 10. The number of aliphatic hydroxyl groups excluding tert-OH is 4. The molecule has 2 amide bonds. The molecule has 12 heteroatoms. The first-order chi connectivity index (χ1) is 9.10. The minimum Gasteiger partial charge on any atom is -0.564 e. The van der Waals surface area contributed by atoms with Crippen molar-refractivity contribution in [2.24, 2.45) is 0 Å². The zero-order valence-corrected chi connectivity index (χ0v) is 24.0. The fourth-order valence-corrected chi connectivity index (χ4v) is 1.30. The van der Waals surface area contributed by atoms with Crippen LogP contribution in [0.4, 0.5) is 0 Å². The van der Waals surface area contributed by atoms with E-state index in [-0.39, 0.29) is 157 Å². The van der Waals surface area contributed by atoms with Crippen molar-refractivity contribution in [3.8, 4) is 0 Å². The molecule has 4 radical (unpaired) electrons. The van der Waals surface area contributed by atoms with Gasteiger partial charge in [0.1, 0.15) is 6.42 Å². The maximum absolute atomic E-state index is 11.7. The Kier molecular flexibility index (Phi) is 40.5. The summed E-state index contributed by atoms with van der Waals surface area (Å²) >= 11 is 0. The molecule has 0 aliphatic rings. The molecule has 0 saturated heterocycles. The van der Waals surface area contributed by atoms with E-state index in [4.69, 9.17) is 20.4 Å². The topological polar surface area (TPSA) is 122 Å². The maximum Gasteiger partial charge on any atom is 0.227 e. The predicted molar refractivity (Wildman–Crippen MR) is 62.7 cm³/mol. The van der Waals surface area contributed by atoms with Crippen molar-refractivity contribution in [1.29, 1.82) is 0 Å². The molecule has 0 atom stereocenters. The van der Waals surface area contributed by atoms with Crippen molar-refractivity contribution in [3.63, 3.8) is 0 Å². The number of nitrogens with zero attached hydrogens (tertiary/aromatic N) is 2. The van der Waals surface area contributed by atoms with Gasteiger partial charge >= 0.3 is 0 Å². The van der Waals surface area contributed by atoms with Gasteiger partial charge in [-0.15, -0.1) is 0 Å². The van der Waals surface area contributed by atoms with Gasteiger partial charge in [-0.05, 0) is 0 Å². The van der Waals surface area contributed by atoms with Crippen LogP contribution in [0, 0.1) is 26.4 Å². The summed E-state index contributed by atoms with van der Waals surface area (Å²) in [4.78, 5) is 25.5. The van der Waals surface area contributed by atoms with Gasteiger partial charge < -0.3 is 30.2 Å². The van der Waals surface area contributed by atoms with Gasteiger partial charge in [0.15, 0.2) is 0 Å². The van der Waals surface area contributed by atoms with Crippen LogP contribution in [0.15, 0.2) is 0 Å². The Bertz CT molecular complexity index is 251. The first-order valence-electron chi connectivity index (χ1n) is 5.49. The fraction of sp³-hybridized carbons (Fsp3) is 0.455. The Labute approximate surface area is 237 Å². The Morgan fingerprint density at radius 3 is 1.00 bits per heavy atom. The molecule has 0 aromatic carbocycles. The van der Waals surface area contributed by atoms with E-state index < -0.39 is 18.2 Å². The summed E-state index contributed by atoms with van der Waals surface area (Å²) in [7, 11) is 0. The minimum absolute atomic E-state index is 0. The van der Waals surface area contributed by atoms with Gasteiger partial charge in [0.05, 0.1) is 0 Å². The molecule has 0 aromatic heterocycles. The van der Waals surface area contributed by atoms with Gasteiger partial charge in [-0.3, -0.25) is 9.59 Å². The van der Waals surface area contributed by atoms with Gasteiger partial charge in [0, 0.05) is 131 Å². The fourth-order valence-electron chi connectivity index (χ4n) is 1.30. The van der Waals surface area contributed by atoms with Crippen molar-refractivity contribution in [2.75, 3.05) is 26.2 Å². The van der Waals surface area contributed by atoms with Crippen molar-refractivity contribution >= 4 is 11.8 Å². The smallest absolute Gasteiger partial charge is 0.227 e.